The summed E-state index contributed by atoms with van der Waals surface area (Å²) in [6.45, 7) is 15.1. The van der Waals surface area contributed by atoms with Gasteiger partial charge in [0.05, 0.1) is 46.6 Å². The van der Waals surface area contributed by atoms with E-state index in [0.29, 0.717) is 38.8 Å². The van der Waals surface area contributed by atoms with Crippen LogP contribution >= 0.6 is 11.3 Å². The lowest BCUT2D eigenvalue weighted by Crippen LogP contribution is -2.61. The first-order chi connectivity index (χ1) is 28.8. The highest BCUT2D eigenvalue weighted by Gasteiger charge is 2.58. The summed E-state index contributed by atoms with van der Waals surface area (Å²) in [5, 5.41) is 8.53. The molecule has 3 aliphatic heterocycles. The van der Waals surface area contributed by atoms with Crippen LogP contribution in [0, 0.1) is 23.2 Å². The molecule has 7 atom stereocenters. The minimum Gasteiger partial charge on any atom is -0.464 e. The number of nitrogens with one attached hydrogen (secondary N) is 2. The number of rotatable bonds is 9. The standard InChI is InChI=1S/C46H59N7O6S/c1-8-13-30-39(49-41(54)36-26(3)37(36)43(55)51-19-12-20-51)44(56)53-21-11-15-33(50-53)45(57)59-25-46(5,6)23-32-31-22-28(34-24-60-42(30)48-34)16-17-35(31)52(9-2)40(32)29-14-10-18-47-38(29)27(4)58-7/h10,14,16-18,22,24,26-27,30,33,36-37,39,50H,8-9,11-13,15,19-21,23,25H2,1-7H3,(H,49,54)/t26-,27+,30+,33+,36-,37-,39+/m1/s1. The van der Waals surface area contributed by atoms with E-state index in [0.717, 1.165) is 75.6 Å². The number of hydrogen-bond donors (Lipinski definition) is 2. The van der Waals surface area contributed by atoms with E-state index in [9.17, 15) is 19.2 Å². The van der Waals surface area contributed by atoms with Crippen LogP contribution in [0.2, 0.25) is 0 Å². The molecule has 4 aromatic rings. The lowest BCUT2D eigenvalue weighted by atomic mass is 9.84. The quantitative estimate of drug-likeness (QED) is 0.177. The zero-order valence-corrected chi connectivity index (χ0v) is 36.8. The number of esters is 1. The Kier molecular flexibility index (Phi) is 11.9. The zero-order valence-electron chi connectivity index (χ0n) is 36.0. The summed E-state index contributed by atoms with van der Waals surface area (Å²) < 4.78 is 14.3. The Morgan fingerprint density at radius 1 is 1.12 bits per heavy atom. The number of thiazole rings is 1. The molecule has 60 heavy (non-hydrogen) atoms. The predicted octanol–water partition coefficient (Wildman–Crippen LogP) is 6.66. The maximum Gasteiger partial charge on any atom is 0.324 e. The Morgan fingerprint density at radius 3 is 2.63 bits per heavy atom. The average molecular weight is 838 g/mol. The van der Waals surface area contributed by atoms with Crippen LogP contribution in [0.1, 0.15) is 102 Å². The normalized spacial score (nSPS) is 25.9. The van der Waals surface area contributed by atoms with Crippen molar-refractivity contribution >= 4 is 45.9 Å². The van der Waals surface area contributed by atoms with Crippen LogP contribution in [-0.4, -0.2) is 93.6 Å². The zero-order chi connectivity index (χ0) is 42.5. The van der Waals surface area contributed by atoms with Crippen LogP contribution in [-0.2, 0) is 41.6 Å². The number of carbonyl (C=O) groups excluding carboxylic acids is 4. The van der Waals surface area contributed by atoms with Gasteiger partial charge in [-0.1, -0.05) is 40.2 Å². The van der Waals surface area contributed by atoms with Crippen molar-refractivity contribution in [3.63, 3.8) is 0 Å². The van der Waals surface area contributed by atoms with Gasteiger partial charge in [0.25, 0.3) is 5.91 Å². The molecule has 14 heteroatoms. The predicted molar refractivity (Wildman–Crippen MR) is 231 cm³/mol. The number of cyclic esters (lactones) is 1. The first-order valence-corrected chi connectivity index (χ1v) is 22.7. The molecular weight excluding hydrogens is 779 g/mol. The van der Waals surface area contributed by atoms with E-state index in [4.69, 9.17) is 19.4 Å². The number of hydrazine groups is 1. The fraction of sp³-hybridized carbons (Fsp3) is 0.565. The molecule has 2 N–H and O–H groups in total. The molecule has 3 fully saturated rings. The molecular formula is C46H59N7O6S. The number of ether oxygens (including phenoxy) is 2. The molecule has 1 aromatic carbocycles. The van der Waals surface area contributed by atoms with Gasteiger partial charge in [-0.2, -0.15) is 0 Å². The largest absolute Gasteiger partial charge is 0.464 e. The highest BCUT2D eigenvalue weighted by molar-refractivity contribution is 7.10. The maximum atomic E-state index is 14.8. The number of aryl methyl sites for hydroxylation is 1. The number of nitrogens with zero attached hydrogens (tertiary/aromatic N) is 5. The van der Waals surface area contributed by atoms with Crippen LogP contribution in [0.5, 0.6) is 0 Å². The van der Waals surface area contributed by atoms with Crippen LogP contribution < -0.4 is 10.7 Å². The Labute approximate surface area is 356 Å². The summed E-state index contributed by atoms with van der Waals surface area (Å²) in [5.41, 5.74) is 9.57. The van der Waals surface area contributed by atoms with Crippen LogP contribution in [0.3, 0.4) is 0 Å². The number of amides is 3. The van der Waals surface area contributed by atoms with Crippen molar-refractivity contribution in [1.29, 1.82) is 0 Å². The second-order valence-electron chi connectivity index (χ2n) is 17.9. The molecule has 0 spiro atoms. The number of benzene rings is 1. The van der Waals surface area contributed by atoms with Crippen molar-refractivity contribution in [3.05, 3.63) is 58.2 Å². The van der Waals surface area contributed by atoms with E-state index in [2.05, 4.69) is 67.3 Å². The van der Waals surface area contributed by atoms with Crippen molar-refractivity contribution in [2.24, 2.45) is 23.2 Å². The smallest absolute Gasteiger partial charge is 0.324 e. The maximum absolute atomic E-state index is 14.8. The van der Waals surface area contributed by atoms with E-state index >= 15 is 0 Å². The van der Waals surface area contributed by atoms with Gasteiger partial charge in [0.1, 0.15) is 12.1 Å². The lowest BCUT2D eigenvalue weighted by molar-refractivity contribution is -0.155. The summed E-state index contributed by atoms with van der Waals surface area (Å²) in [4.78, 5) is 68.0. The Morgan fingerprint density at radius 2 is 1.92 bits per heavy atom. The molecule has 3 amide bonds. The number of aromatic nitrogens is 3. The summed E-state index contributed by atoms with van der Waals surface area (Å²) in [6, 6.07) is 8.85. The van der Waals surface area contributed by atoms with Crippen molar-refractivity contribution in [2.45, 2.75) is 111 Å². The number of likely N-dealkylation sites (tertiary alicyclic amines) is 1. The Balaban J connectivity index is 1.24. The highest BCUT2D eigenvalue weighted by atomic mass is 32.1. The second-order valence-corrected chi connectivity index (χ2v) is 18.8. The molecule has 3 aromatic heterocycles. The van der Waals surface area contributed by atoms with Gasteiger partial charge in [0.15, 0.2) is 0 Å². The number of pyridine rings is 1. The Hall–Kier alpha value is -4.66. The third-order valence-electron chi connectivity index (χ3n) is 13.1. The molecule has 1 aliphatic carbocycles. The SMILES string of the molecule is CCC[C@@H]1c2nc(cs2)-c2ccc3c(c2)c(c(-c2cccnc2[C@H](C)OC)n3CC)CC(C)(C)COC(=O)[C@@H]2CCCN(N2)C(=O)[C@H]1NC(=O)[C@@H]1[C@@H](C)[C@H]1C(=O)N1CCC1. The monoisotopic (exact) mass is 837 g/mol. The van der Waals surface area contributed by atoms with Crippen LogP contribution in [0.15, 0.2) is 41.9 Å². The van der Waals surface area contributed by atoms with E-state index < -0.39 is 35.3 Å². The van der Waals surface area contributed by atoms with Gasteiger partial charge in [0, 0.05) is 78.2 Å². The van der Waals surface area contributed by atoms with Gasteiger partial charge in [-0.05, 0) is 81.7 Å². The number of carbonyl (C=O) groups is 4. The van der Waals surface area contributed by atoms with E-state index in [-0.39, 0.29) is 42.3 Å². The third-order valence-corrected chi connectivity index (χ3v) is 14.1. The fourth-order valence-corrected chi connectivity index (χ4v) is 10.5. The summed E-state index contributed by atoms with van der Waals surface area (Å²) in [5.74, 6) is -2.47. The minimum atomic E-state index is -0.970. The average Bonchev–Trinajstić information content (AvgIpc) is 3.52. The topological polar surface area (TPSA) is 148 Å². The third kappa shape index (κ3) is 7.86. The van der Waals surface area contributed by atoms with Crippen LogP contribution in [0.25, 0.3) is 33.4 Å². The van der Waals surface area contributed by atoms with Crippen molar-refractivity contribution in [2.75, 3.05) is 33.4 Å². The van der Waals surface area contributed by atoms with Crippen LogP contribution in [0.4, 0.5) is 0 Å². The van der Waals surface area contributed by atoms with Crippen molar-refractivity contribution < 1.29 is 28.7 Å². The number of methoxy groups -OCH3 is 1. The van der Waals surface area contributed by atoms with E-state index in [1.165, 1.54) is 16.3 Å². The molecule has 13 nitrogen and oxygen atoms in total. The molecule has 8 rings (SSSR count). The van der Waals surface area contributed by atoms with Gasteiger partial charge in [-0.25, -0.2) is 10.4 Å². The van der Waals surface area contributed by atoms with Gasteiger partial charge >= 0.3 is 5.97 Å². The summed E-state index contributed by atoms with van der Waals surface area (Å²) in [6.07, 6.45) is 5.57. The van der Waals surface area contributed by atoms with E-state index in [1.807, 2.05) is 30.2 Å². The van der Waals surface area contributed by atoms with E-state index in [1.54, 1.807) is 13.3 Å². The van der Waals surface area contributed by atoms with Crippen molar-refractivity contribution in [3.8, 4) is 22.5 Å². The lowest BCUT2D eigenvalue weighted by Gasteiger charge is -2.37. The summed E-state index contributed by atoms with van der Waals surface area (Å²) in [7, 11) is 1.70. The van der Waals surface area contributed by atoms with Gasteiger partial charge < -0.3 is 24.3 Å². The molecule has 4 aliphatic rings. The number of hydrogen-bond acceptors (Lipinski definition) is 10. The van der Waals surface area contributed by atoms with Crippen molar-refractivity contribution in [1.82, 2.24) is 35.2 Å². The summed E-state index contributed by atoms with van der Waals surface area (Å²) >= 11 is 1.49. The number of fused-ring (bicyclic) bond motifs is 6. The Bertz CT molecular complexity index is 2280. The first-order valence-electron chi connectivity index (χ1n) is 21.8. The molecule has 6 heterocycles. The van der Waals surface area contributed by atoms with Gasteiger partial charge in [-0.15, -0.1) is 11.3 Å². The first kappa shape index (κ1) is 42.0. The molecule has 6 bridgehead atoms. The molecule has 1 saturated carbocycles. The minimum absolute atomic E-state index is 0.0220. The molecule has 0 unspecified atom stereocenters. The molecule has 2 saturated heterocycles. The second kappa shape index (κ2) is 17.0. The van der Waals surface area contributed by atoms with Gasteiger partial charge in [-0.3, -0.25) is 29.2 Å². The highest BCUT2D eigenvalue weighted by Crippen LogP contribution is 2.48. The van der Waals surface area contributed by atoms with Gasteiger partial charge in [0.2, 0.25) is 11.8 Å². The fourth-order valence-electron chi connectivity index (χ4n) is 9.54. The molecule has 0 radical (unpaired) electrons. The molecule has 320 valence electrons.